The van der Waals surface area contributed by atoms with Crippen LogP contribution in [0.15, 0.2) is 12.1 Å². The van der Waals surface area contributed by atoms with E-state index in [4.69, 9.17) is 23.2 Å². The van der Waals surface area contributed by atoms with Crippen molar-refractivity contribution in [1.29, 1.82) is 0 Å². The van der Waals surface area contributed by atoms with Crippen molar-refractivity contribution in [2.24, 2.45) is 0 Å². The molecule has 106 valence electrons. The molecule has 1 aromatic rings. The van der Waals surface area contributed by atoms with E-state index < -0.39 is 0 Å². The summed E-state index contributed by atoms with van der Waals surface area (Å²) in [5, 5.41) is 3.33. The van der Waals surface area contributed by atoms with Crippen LogP contribution in [0.3, 0.4) is 0 Å². The Balaban J connectivity index is 2.24. The fourth-order valence-electron chi connectivity index (χ4n) is 1.81. The Labute approximate surface area is 124 Å². The summed E-state index contributed by atoms with van der Waals surface area (Å²) in [5.74, 6) is -0.153. The van der Waals surface area contributed by atoms with Crippen LogP contribution in [0.5, 0.6) is 0 Å². The fraction of sp³-hybridized carbons (Fsp3) is 0.571. The fourth-order valence-corrected chi connectivity index (χ4v) is 2.27. The minimum absolute atomic E-state index is 0.153. The maximum absolute atomic E-state index is 11.8. The van der Waals surface area contributed by atoms with E-state index in [9.17, 15) is 4.79 Å². The van der Waals surface area contributed by atoms with Gasteiger partial charge < -0.3 is 5.32 Å². The molecule has 0 saturated carbocycles. The summed E-state index contributed by atoms with van der Waals surface area (Å²) in [6.45, 7) is 2.88. The average molecular weight is 303 g/mol. The van der Waals surface area contributed by atoms with E-state index in [2.05, 4.69) is 17.2 Å². The zero-order valence-electron chi connectivity index (χ0n) is 11.2. The number of halogens is 2. The van der Waals surface area contributed by atoms with Crippen LogP contribution in [0.1, 0.15) is 55.8 Å². The lowest BCUT2D eigenvalue weighted by molar-refractivity contribution is 0.0953. The summed E-state index contributed by atoms with van der Waals surface area (Å²) in [6.07, 6.45) is 7.21. The molecular formula is C14H20Cl2N2O. The molecule has 0 atom stereocenters. The highest BCUT2D eigenvalue weighted by molar-refractivity contribution is 6.33. The van der Waals surface area contributed by atoms with Crippen LogP contribution >= 0.6 is 23.2 Å². The highest BCUT2D eigenvalue weighted by Crippen LogP contribution is 2.14. The third-order valence-electron chi connectivity index (χ3n) is 2.84. The molecule has 0 spiro atoms. The molecule has 1 rings (SSSR count). The van der Waals surface area contributed by atoms with Crippen molar-refractivity contribution >= 4 is 29.1 Å². The van der Waals surface area contributed by atoms with E-state index in [-0.39, 0.29) is 16.2 Å². The van der Waals surface area contributed by atoms with Crippen LogP contribution in [0.4, 0.5) is 0 Å². The number of nitrogens with zero attached hydrogens (tertiary/aromatic N) is 1. The van der Waals surface area contributed by atoms with Crippen LogP contribution < -0.4 is 5.32 Å². The van der Waals surface area contributed by atoms with Crippen molar-refractivity contribution in [1.82, 2.24) is 10.3 Å². The van der Waals surface area contributed by atoms with E-state index in [1.807, 2.05) is 0 Å². The summed E-state index contributed by atoms with van der Waals surface area (Å²) in [5.41, 5.74) is 0.455. The van der Waals surface area contributed by atoms with Crippen molar-refractivity contribution in [3.05, 3.63) is 28.0 Å². The van der Waals surface area contributed by atoms with Crippen LogP contribution in [0.2, 0.25) is 10.3 Å². The summed E-state index contributed by atoms with van der Waals surface area (Å²) in [6, 6.07) is 3.04. The van der Waals surface area contributed by atoms with Gasteiger partial charge in [-0.05, 0) is 18.6 Å². The van der Waals surface area contributed by atoms with Crippen LogP contribution in [0, 0.1) is 0 Å². The third-order valence-corrected chi connectivity index (χ3v) is 3.23. The summed E-state index contributed by atoms with van der Waals surface area (Å²) in [7, 11) is 0. The SMILES string of the molecule is CCCCCCCCNC(=O)c1cc(Cl)nc(Cl)c1. The Bertz CT molecular complexity index is 390. The Morgan fingerprint density at radius 3 is 2.32 bits per heavy atom. The number of hydrogen-bond acceptors (Lipinski definition) is 2. The summed E-state index contributed by atoms with van der Waals surface area (Å²) in [4.78, 5) is 15.6. The molecule has 0 aliphatic carbocycles. The Hall–Kier alpha value is -0.800. The minimum atomic E-state index is -0.153. The number of carbonyl (C=O) groups is 1. The molecule has 1 amide bonds. The van der Waals surface area contributed by atoms with E-state index in [1.54, 1.807) is 0 Å². The van der Waals surface area contributed by atoms with Gasteiger partial charge in [-0.2, -0.15) is 0 Å². The molecule has 1 N–H and O–H groups in total. The van der Waals surface area contributed by atoms with E-state index in [0.717, 1.165) is 12.8 Å². The molecular weight excluding hydrogens is 283 g/mol. The molecule has 0 aliphatic rings. The number of rotatable bonds is 8. The van der Waals surface area contributed by atoms with Crippen molar-refractivity contribution in [3.8, 4) is 0 Å². The topological polar surface area (TPSA) is 42.0 Å². The molecule has 0 saturated heterocycles. The molecule has 0 unspecified atom stereocenters. The number of hydrogen-bond donors (Lipinski definition) is 1. The second kappa shape index (κ2) is 9.16. The molecule has 0 aliphatic heterocycles. The minimum Gasteiger partial charge on any atom is -0.352 e. The maximum Gasteiger partial charge on any atom is 0.251 e. The van der Waals surface area contributed by atoms with Crippen molar-refractivity contribution in [2.45, 2.75) is 45.4 Å². The first kappa shape index (κ1) is 16.3. The van der Waals surface area contributed by atoms with Crippen LogP contribution in [-0.4, -0.2) is 17.4 Å². The summed E-state index contributed by atoms with van der Waals surface area (Å²) < 4.78 is 0. The van der Waals surface area contributed by atoms with Gasteiger partial charge in [0.15, 0.2) is 0 Å². The number of nitrogens with one attached hydrogen (secondary N) is 1. The highest BCUT2D eigenvalue weighted by Gasteiger charge is 2.07. The van der Waals surface area contributed by atoms with Gasteiger partial charge in [-0.3, -0.25) is 4.79 Å². The standard InChI is InChI=1S/C14H20Cl2N2O/c1-2-3-4-5-6-7-8-17-14(19)11-9-12(15)18-13(16)10-11/h9-10H,2-8H2,1H3,(H,17,19). The lowest BCUT2D eigenvalue weighted by Crippen LogP contribution is -2.24. The number of pyridine rings is 1. The first-order chi connectivity index (χ1) is 9.13. The van der Waals surface area contributed by atoms with Gasteiger partial charge in [0, 0.05) is 12.1 Å². The van der Waals surface area contributed by atoms with Gasteiger partial charge in [0.25, 0.3) is 5.91 Å². The van der Waals surface area contributed by atoms with Gasteiger partial charge >= 0.3 is 0 Å². The Morgan fingerprint density at radius 1 is 1.11 bits per heavy atom. The lowest BCUT2D eigenvalue weighted by atomic mass is 10.1. The molecule has 1 aromatic heterocycles. The number of aromatic nitrogens is 1. The molecule has 0 aromatic carbocycles. The quantitative estimate of drug-likeness (QED) is 0.568. The zero-order valence-corrected chi connectivity index (χ0v) is 12.7. The Kier molecular flexibility index (Phi) is 7.84. The molecule has 0 radical (unpaired) electrons. The highest BCUT2D eigenvalue weighted by atomic mass is 35.5. The van der Waals surface area contributed by atoms with Gasteiger partial charge in [-0.1, -0.05) is 62.2 Å². The smallest absolute Gasteiger partial charge is 0.251 e. The molecule has 0 fully saturated rings. The predicted octanol–water partition coefficient (Wildman–Crippen LogP) is 4.48. The van der Waals surface area contributed by atoms with E-state index >= 15 is 0 Å². The van der Waals surface area contributed by atoms with Crippen LogP contribution in [0.25, 0.3) is 0 Å². The molecule has 1 heterocycles. The van der Waals surface area contributed by atoms with Gasteiger partial charge in [0.05, 0.1) is 0 Å². The largest absolute Gasteiger partial charge is 0.352 e. The second-order valence-corrected chi connectivity index (χ2v) is 5.30. The summed E-state index contributed by atoms with van der Waals surface area (Å²) >= 11 is 11.5. The third kappa shape index (κ3) is 6.79. The van der Waals surface area contributed by atoms with Gasteiger partial charge in [0.2, 0.25) is 0 Å². The second-order valence-electron chi connectivity index (χ2n) is 4.52. The van der Waals surface area contributed by atoms with Crippen molar-refractivity contribution in [3.63, 3.8) is 0 Å². The molecule has 19 heavy (non-hydrogen) atoms. The number of carbonyl (C=O) groups excluding carboxylic acids is 1. The van der Waals surface area contributed by atoms with E-state index in [1.165, 1.54) is 37.8 Å². The average Bonchev–Trinajstić information content (AvgIpc) is 2.36. The van der Waals surface area contributed by atoms with E-state index in [0.29, 0.717) is 12.1 Å². The van der Waals surface area contributed by atoms with Gasteiger partial charge in [-0.25, -0.2) is 4.98 Å². The normalized spacial score (nSPS) is 10.5. The van der Waals surface area contributed by atoms with Gasteiger partial charge in [-0.15, -0.1) is 0 Å². The monoisotopic (exact) mass is 302 g/mol. The zero-order chi connectivity index (χ0) is 14.1. The van der Waals surface area contributed by atoms with Gasteiger partial charge in [0.1, 0.15) is 10.3 Å². The van der Waals surface area contributed by atoms with Crippen molar-refractivity contribution in [2.75, 3.05) is 6.54 Å². The number of amides is 1. The maximum atomic E-state index is 11.8. The first-order valence-corrected chi connectivity index (χ1v) is 7.50. The van der Waals surface area contributed by atoms with Crippen molar-refractivity contribution < 1.29 is 4.79 Å². The molecule has 5 heteroatoms. The molecule has 3 nitrogen and oxygen atoms in total. The Morgan fingerprint density at radius 2 is 1.68 bits per heavy atom. The molecule has 0 bridgehead atoms. The first-order valence-electron chi connectivity index (χ1n) is 6.74. The van der Waals surface area contributed by atoms with Crippen LogP contribution in [-0.2, 0) is 0 Å². The predicted molar refractivity (Wildman–Crippen MR) is 80.0 cm³/mol. The number of unbranched alkanes of at least 4 members (excludes halogenated alkanes) is 5. The lowest BCUT2D eigenvalue weighted by Gasteiger charge is -2.06.